The van der Waals surface area contributed by atoms with Crippen LogP contribution in [0.1, 0.15) is 78.7 Å². The van der Waals surface area contributed by atoms with Gasteiger partial charge in [0.15, 0.2) is 0 Å². The van der Waals surface area contributed by atoms with E-state index in [1.54, 1.807) is 24.3 Å². The minimum Gasteiger partial charge on any atom is -0.338 e. The molecule has 0 aromatic heterocycles. The summed E-state index contributed by atoms with van der Waals surface area (Å²) < 4.78 is 0. The molecule has 2 saturated heterocycles. The molecule has 242 valence electrons. The highest BCUT2D eigenvalue weighted by molar-refractivity contribution is 6.06. The number of benzene rings is 3. The first-order chi connectivity index (χ1) is 22.2. The molecular weight excluding hydrogens is 568 g/mol. The van der Waals surface area contributed by atoms with Crippen LogP contribution in [0.3, 0.4) is 0 Å². The van der Waals surface area contributed by atoms with Gasteiger partial charge in [-0.1, -0.05) is 91.9 Å². The molecule has 46 heavy (non-hydrogen) atoms. The highest BCUT2D eigenvalue weighted by Gasteiger charge is 2.41. The molecule has 2 heterocycles. The van der Waals surface area contributed by atoms with E-state index in [0.717, 1.165) is 57.2 Å². The van der Waals surface area contributed by atoms with E-state index in [1.165, 1.54) is 10.5 Å². The molecule has 3 aromatic carbocycles. The molecule has 5 nitrogen and oxygen atoms in total. The van der Waals surface area contributed by atoms with Crippen LogP contribution in [-0.4, -0.2) is 47.2 Å². The smallest absolute Gasteiger partial charge is 0.260 e. The predicted octanol–water partition coefficient (Wildman–Crippen LogP) is 8.95. The van der Waals surface area contributed by atoms with Crippen LogP contribution in [0.2, 0.25) is 0 Å². The Bertz CT molecular complexity index is 1440. The van der Waals surface area contributed by atoms with Gasteiger partial charge in [0.05, 0.1) is 5.41 Å². The van der Waals surface area contributed by atoms with E-state index in [-0.39, 0.29) is 23.1 Å². The van der Waals surface area contributed by atoms with Crippen molar-refractivity contribution in [2.45, 2.75) is 58.8 Å². The predicted molar refractivity (Wildman–Crippen MR) is 189 cm³/mol. The van der Waals surface area contributed by atoms with Gasteiger partial charge >= 0.3 is 0 Å². The summed E-state index contributed by atoms with van der Waals surface area (Å²) in [5, 5.41) is 0. The van der Waals surface area contributed by atoms with E-state index in [9.17, 15) is 14.4 Å². The van der Waals surface area contributed by atoms with Gasteiger partial charge in [-0.3, -0.25) is 19.3 Å². The SMILES string of the molecule is C=CC.C=CC[C@]1(C)CCCN(C(=O)c2ccccc2)C1=O.C=CC[C@]1(Cc2ccccc2)CCCN(C(=O)c2ccccc2)C1. The minimum absolute atomic E-state index is 0.0764. The fraction of sp³-hybridized carbons (Fsp3) is 0.341. The highest BCUT2D eigenvalue weighted by atomic mass is 16.2. The Kier molecular flexibility index (Phi) is 13.9. The second-order valence-corrected chi connectivity index (χ2v) is 12.5. The van der Waals surface area contributed by atoms with Crippen molar-refractivity contribution in [3.05, 3.63) is 146 Å². The van der Waals surface area contributed by atoms with Gasteiger partial charge < -0.3 is 4.90 Å². The maximum absolute atomic E-state index is 12.8. The average molecular weight is 619 g/mol. The Hall–Kier alpha value is -4.51. The summed E-state index contributed by atoms with van der Waals surface area (Å²) in [6.07, 6.45) is 12.0. The molecule has 0 aliphatic carbocycles. The van der Waals surface area contributed by atoms with E-state index in [2.05, 4.69) is 50.1 Å². The van der Waals surface area contributed by atoms with E-state index in [0.29, 0.717) is 18.5 Å². The average Bonchev–Trinajstić information content (AvgIpc) is 3.08. The second-order valence-electron chi connectivity index (χ2n) is 12.5. The lowest BCUT2D eigenvalue weighted by Gasteiger charge is -2.43. The lowest BCUT2D eigenvalue weighted by molar-refractivity contribution is -0.141. The molecule has 0 radical (unpaired) electrons. The Morgan fingerprint density at radius 3 is 1.78 bits per heavy atom. The summed E-state index contributed by atoms with van der Waals surface area (Å²) >= 11 is 0. The first-order valence-corrected chi connectivity index (χ1v) is 16.3. The maximum atomic E-state index is 12.8. The Morgan fingerprint density at radius 2 is 1.24 bits per heavy atom. The van der Waals surface area contributed by atoms with Gasteiger partial charge in [0, 0.05) is 30.8 Å². The number of allylic oxidation sites excluding steroid dienone is 3. The number of imide groups is 1. The van der Waals surface area contributed by atoms with Gasteiger partial charge in [-0.15, -0.1) is 19.7 Å². The molecule has 0 bridgehead atoms. The van der Waals surface area contributed by atoms with Crippen LogP contribution in [0, 0.1) is 10.8 Å². The fourth-order valence-electron chi connectivity index (χ4n) is 6.46. The number of hydrogen-bond acceptors (Lipinski definition) is 3. The molecular formula is C41H50N2O3. The summed E-state index contributed by atoms with van der Waals surface area (Å²) in [5.41, 5.74) is 2.31. The Morgan fingerprint density at radius 1 is 0.739 bits per heavy atom. The summed E-state index contributed by atoms with van der Waals surface area (Å²) in [5.74, 6) is -0.120. The van der Waals surface area contributed by atoms with E-state index in [1.807, 2.05) is 73.4 Å². The lowest BCUT2D eigenvalue weighted by Crippen LogP contribution is -2.49. The number of carbonyl (C=O) groups is 3. The van der Waals surface area contributed by atoms with Crippen molar-refractivity contribution < 1.29 is 14.4 Å². The van der Waals surface area contributed by atoms with Crippen LogP contribution in [0.25, 0.3) is 0 Å². The molecule has 0 spiro atoms. The largest absolute Gasteiger partial charge is 0.338 e. The minimum atomic E-state index is -0.482. The normalized spacial score (nSPS) is 20.6. The van der Waals surface area contributed by atoms with Crippen molar-refractivity contribution in [1.29, 1.82) is 0 Å². The Balaban J connectivity index is 0.000000236. The zero-order valence-corrected chi connectivity index (χ0v) is 27.7. The molecule has 3 amide bonds. The molecule has 0 N–H and O–H groups in total. The number of amides is 3. The zero-order chi connectivity index (χ0) is 33.4. The molecule has 2 atom stereocenters. The molecule has 0 unspecified atom stereocenters. The zero-order valence-electron chi connectivity index (χ0n) is 27.7. The molecule has 5 rings (SSSR count). The van der Waals surface area contributed by atoms with Gasteiger partial charge in [0.1, 0.15) is 0 Å². The van der Waals surface area contributed by atoms with Gasteiger partial charge in [-0.25, -0.2) is 0 Å². The summed E-state index contributed by atoms with van der Waals surface area (Å²) in [7, 11) is 0. The molecule has 5 heteroatoms. The lowest BCUT2D eigenvalue weighted by atomic mass is 9.72. The number of hydrogen-bond donors (Lipinski definition) is 0. The third-order valence-electron chi connectivity index (χ3n) is 8.70. The first kappa shape index (κ1) is 36.0. The van der Waals surface area contributed by atoms with E-state index >= 15 is 0 Å². The van der Waals surface area contributed by atoms with Crippen molar-refractivity contribution in [2.75, 3.05) is 19.6 Å². The third kappa shape index (κ3) is 9.74. The number of piperidine rings is 2. The number of carbonyl (C=O) groups excluding carboxylic acids is 3. The standard InChI is InChI=1S/C22H25NO.C16H19NO2.C3H6/c1-2-14-22(17-19-10-5-3-6-11-19)15-9-16-23(18-22)21(24)20-12-7-4-8-13-20;1-3-10-16(2)11-7-12-17(15(16)19)14(18)13-8-5-4-6-9-13;1-3-2/h2-8,10-13H,1,9,14-18H2;3-6,8-9H,1,7,10-12H2,2H3;3H,1H2,2H3/t22-;16-;/m11./s1. The van der Waals surface area contributed by atoms with E-state index in [4.69, 9.17) is 0 Å². The number of likely N-dealkylation sites (tertiary alicyclic amines) is 2. The molecule has 3 aromatic rings. The van der Waals surface area contributed by atoms with Crippen LogP contribution in [0.15, 0.2) is 129 Å². The summed E-state index contributed by atoms with van der Waals surface area (Å²) in [6, 6.07) is 29.2. The molecule has 2 aliphatic heterocycles. The Labute approximate surface area is 276 Å². The highest BCUT2D eigenvalue weighted by Crippen LogP contribution is 2.38. The molecule has 0 saturated carbocycles. The fourth-order valence-corrected chi connectivity index (χ4v) is 6.46. The maximum Gasteiger partial charge on any atom is 0.260 e. The van der Waals surface area contributed by atoms with Crippen molar-refractivity contribution in [3.63, 3.8) is 0 Å². The topological polar surface area (TPSA) is 57.7 Å². The monoisotopic (exact) mass is 618 g/mol. The van der Waals surface area contributed by atoms with Gasteiger partial charge in [-0.2, -0.15) is 0 Å². The van der Waals surface area contributed by atoms with Gasteiger partial charge in [-0.05, 0) is 87.1 Å². The van der Waals surface area contributed by atoms with Crippen LogP contribution >= 0.6 is 0 Å². The molecule has 2 aliphatic rings. The van der Waals surface area contributed by atoms with E-state index < -0.39 is 5.41 Å². The summed E-state index contributed by atoms with van der Waals surface area (Å²) in [4.78, 5) is 41.2. The van der Waals surface area contributed by atoms with Gasteiger partial charge in [0.2, 0.25) is 5.91 Å². The summed E-state index contributed by atoms with van der Waals surface area (Å²) in [6.45, 7) is 17.0. The van der Waals surface area contributed by atoms with Gasteiger partial charge in [0.25, 0.3) is 11.8 Å². The van der Waals surface area contributed by atoms with Crippen LogP contribution in [0.5, 0.6) is 0 Å². The van der Waals surface area contributed by atoms with Crippen molar-refractivity contribution in [3.8, 4) is 0 Å². The van der Waals surface area contributed by atoms with Crippen molar-refractivity contribution in [1.82, 2.24) is 9.80 Å². The number of rotatable bonds is 8. The van der Waals surface area contributed by atoms with Crippen molar-refractivity contribution >= 4 is 17.7 Å². The van der Waals surface area contributed by atoms with Crippen LogP contribution < -0.4 is 0 Å². The molecule has 2 fully saturated rings. The third-order valence-corrected chi connectivity index (χ3v) is 8.70. The van der Waals surface area contributed by atoms with Crippen molar-refractivity contribution in [2.24, 2.45) is 10.8 Å². The quantitative estimate of drug-likeness (QED) is 0.187. The first-order valence-electron chi connectivity index (χ1n) is 16.3. The second kappa shape index (κ2) is 17.8. The van der Waals surface area contributed by atoms with Crippen LogP contribution in [0.4, 0.5) is 0 Å². The number of nitrogens with zero attached hydrogens (tertiary/aromatic N) is 2. The van der Waals surface area contributed by atoms with Crippen LogP contribution in [-0.2, 0) is 11.2 Å².